The van der Waals surface area contributed by atoms with Gasteiger partial charge in [-0.05, 0) is 37.1 Å². The van der Waals surface area contributed by atoms with Gasteiger partial charge in [-0.3, -0.25) is 0 Å². The van der Waals surface area contributed by atoms with Crippen molar-refractivity contribution in [2.45, 2.75) is 19.0 Å². The predicted octanol–water partition coefficient (Wildman–Crippen LogP) is 2.83. The van der Waals surface area contributed by atoms with Gasteiger partial charge in [0.05, 0.1) is 0 Å². The van der Waals surface area contributed by atoms with E-state index in [0.717, 1.165) is 30.1 Å². The van der Waals surface area contributed by atoms with E-state index in [-0.39, 0.29) is 5.92 Å². The van der Waals surface area contributed by atoms with Crippen LogP contribution < -0.4 is 5.32 Å². The maximum atomic E-state index is 13.6. The molecule has 2 unspecified atom stereocenters. The van der Waals surface area contributed by atoms with Crippen molar-refractivity contribution in [3.8, 4) is 0 Å². The molecule has 82 valence electrons. The molecule has 1 saturated heterocycles. The summed E-state index contributed by atoms with van der Waals surface area (Å²) in [5, 5.41) is 3.96. The first kappa shape index (κ1) is 10.9. The highest BCUT2D eigenvalue weighted by Crippen LogP contribution is 2.21. The van der Waals surface area contributed by atoms with Crippen molar-refractivity contribution in [1.82, 2.24) is 5.32 Å². The van der Waals surface area contributed by atoms with Crippen molar-refractivity contribution in [2.24, 2.45) is 5.92 Å². The Kier molecular flexibility index (Phi) is 3.60. The highest BCUT2D eigenvalue weighted by atomic mass is 35.5. The first-order valence-electron chi connectivity index (χ1n) is 5.35. The molecule has 1 heterocycles. The summed E-state index contributed by atoms with van der Waals surface area (Å²) in [6.45, 7) is 1.57. The predicted molar refractivity (Wildman–Crippen MR) is 61.0 cm³/mol. The Morgan fingerprint density at radius 1 is 1.47 bits per heavy atom. The third-order valence-corrected chi connectivity index (χ3v) is 3.14. The molecule has 1 aromatic carbocycles. The van der Waals surface area contributed by atoms with Crippen LogP contribution in [0.2, 0.25) is 5.02 Å². The van der Waals surface area contributed by atoms with Crippen LogP contribution >= 0.6 is 11.6 Å². The van der Waals surface area contributed by atoms with Crippen LogP contribution in [-0.2, 0) is 6.42 Å². The largest absolute Gasteiger partial charge is 0.316 e. The van der Waals surface area contributed by atoms with Gasteiger partial charge in [0.15, 0.2) is 0 Å². The molecule has 2 rings (SSSR count). The van der Waals surface area contributed by atoms with E-state index in [1.165, 1.54) is 0 Å². The molecule has 1 fully saturated rings. The first-order chi connectivity index (χ1) is 7.25. The van der Waals surface area contributed by atoms with E-state index in [1.807, 2.05) is 24.3 Å². The fraction of sp³-hybridized carbons (Fsp3) is 0.500. The fourth-order valence-corrected chi connectivity index (χ4v) is 2.27. The van der Waals surface area contributed by atoms with Crippen LogP contribution in [0.15, 0.2) is 24.3 Å². The van der Waals surface area contributed by atoms with Gasteiger partial charge in [0.2, 0.25) is 0 Å². The van der Waals surface area contributed by atoms with Crippen LogP contribution in [0.3, 0.4) is 0 Å². The van der Waals surface area contributed by atoms with E-state index < -0.39 is 6.17 Å². The summed E-state index contributed by atoms with van der Waals surface area (Å²) >= 11 is 5.89. The molecule has 0 bridgehead atoms. The van der Waals surface area contributed by atoms with Crippen LogP contribution in [-0.4, -0.2) is 19.3 Å². The molecule has 15 heavy (non-hydrogen) atoms. The minimum atomic E-state index is -0.676. The smallest absolute Gasteiger partial charge is 0.106 e. The molecule has 0 amide bonds. The summed E-state index contributed by atoms with van der Waals surface area (Å²) in [4.78, 5) is 0. The van der Waals surface area contributed by atoms with Gasteiger partial charge in [-0.2, -0.15) is 0 Å². The molecule has 0 radical (unpaired) electrons. The maximum absolute atomic E-state index is 13.6. The molecule has 0 aromatic heterocycles. The lowest BCUT2D eigenvalue weighted by Crippen LogP contribution is -2.38. The molecule has 1 aliphatic heterocycles. The van der Waals surface area contributed by atoms with E-state index in [0.29, 0.717) is 6.42 Å². The van der Waals surface area contributed by atoms with E-state index in [2.05, 4.69) is 5.32 Å². The van der Waals surface area contributed by atoms with Crippen molar-refractivity contribution in [3.63, 3.8) is 0 Å². The Balaban J connectivity index is 2.01. The number of halogens is 2. The average Bonchev–Trinajstić information content (AvgIpc) is 2.22. The van der Waals surface area contributed by atoms with Crippen molar-refractivity contribution in [1.29, 1.82) is 0 Å². The minimum absolute atomic E-state index is 0.0946. The number of benzene rings is 1. The number of alkyl halides is 1. The Labute approximate surface area is 94.6 Å². The van der Waals surface area contributed by atoms with Gasteiger partial charge in [0.1, 0.15) is 6.17 Å². The average molecular weight is 228 g/mol. The number of nitrogens with one attached hydrogen (secondary N) is 1. The number of rotatable bonds is 2. The van der Waals surface area contributed by atoms with Gasteiger partial charge in [0.25, 0.3) is 0 Å². The standard InChI is InChI=1S/C12H15ClFN/c13-11-3-1-2-9(7-11)6-10-8-15-5-4-12(10)14/h1-3,7,10,12,15H,4-6,8H2. The third kappa shape index (κ3) is 2.93. The van der Waals surface area contributed by atoms with E-state index >= 15 is 0 Å². The molecule has 0 spiro atoms. The lowest BCUT2D eigenvalue weighted by atomic mass is 9.91. The van der Waals surface area contributed by atoms with Gasteiger partial charge in [0, 0.05) is 17.5 Å². The molecule has 1 aliphatic rings. The van der Waals surface area contributed by atoms with Crippen LogP contribution in [0.25, 0.3) is 0 Å². The zero-order valence-corrected chi connectivity index (χ0v) is 9.30. The second-order valence-electron chi connectivity index (χ2n) is 4.10. The Hall–Kier alpha value is -0.600. The molecular weight excluding hydrogens is 213 g/mol. The Bertz CT molecular complexity index is 329. The Morgan fingerprint density at radius 3 is 3.07 bits per heavy atom. The van der Waals surface area contributed by atoms with Crippen molar-refractivity contribution in [3.05, 3.63) is 34.9 Å². The van der Waals surface area contributed by atoms with E-state index in [1.54, 1.807) is 0 Å². The summed E-state index contributed by atoms with van der Waals surface area (Å²) in [6, 6.07) is 7.69. The zero-order valence-electron chi connectivity index (χ0n) is 8.55. The normalized spacial score (nSPS) is 26.5. The van der Waals surface area contributed by atoms with Crippen LogP contribution in [0.4, 0.5) is 4.39 Å². The number of hydrogen-bond donors (Lipinski definition) is 1. The molecule has 2 atom stereocenters. The SMILES string of the molecule is FC1CCNCC1Cc1cccc(Cl)c1. The van der Waals surface area contributed by atoms with Gasteiger partial charge in [-0.25, -0.2) is 4.39 Å². The molecular formula is C12H15ClFN. The van der Waals surface area contributed by atoms with Crippen LogP contribution in [0.1, 0.15) is 12.0 Å². The molecule has 0 aliphatic carbocycles. The highest BCUT2D eigenvalue weighted by molar-refractivity contribution is 6.30. The summed E-state index contributed by atoms with van der Waals surface area (Å²) in [6.07, 6.45) is 0.727. The topological polar surface area (TPSA) is 12.0 Å². The molecule has 1 N–H and O–H groups in total. The Morgan fingerprint density at radius 2 is 2.33 bits per heavy atom. The van der Waals surface area contributed by atoms with Gasteiger partial charge < -0.3 is 5.32 Å². The summed E-state index contributed by atoms with van der Waals surface area (Å²) in [7, 11) is 0. The maximum Gasteiger partial charge on any atom is 0.106 e. The van der Waals surface area contributed by atoms with Gasteiger partial charge in [-0.1, -0.05) is 23.7 Å². The van der Waals surface area contributed by atoms with Crippen molar-refractivity contribution in [2.75, 3.05) is 13.1 Å². The van der Waals surface area contributed by atoms with Crippen LogP contribution in [0.5, 0.6) is 0 Å². The molecule has 3 heteroatoms. The number of hydrogen-bond acceptors (Lipinski definition) is 1. The first-order valence-corrected chi connectivity index (χ1v) is 5.73. The third-order valence-electron chi connectivity index (χ3n) is 2.90. The quantitative estimate of drug-likeness (QED) is 0.820. The summed E-state index contributed by atoms with van der Waals surface area (Å²) < 4.78 is 13.6. The number of piperidine rings is 1. The minimum Gasteiger partial charge on any atom is -0.316 e. The molecule has 1 aromatic rings. The second-order valence-corrected chi connectivity index (χ2v) is 4.54. The highest BCUT2D eigenvalue weighted by Gasteiger charge is 2.24. The van der Waals surface area contributed by atoms with Gasteiger partial charge in [-0.15, -0.1) is 0 Å². The van der Waals surface area contributed by atoms with E-state index in [9.17, 15) is 4.39 Å². The molecule has 1 nitrogen and oxygen atoms in total. The summed E-state index contributed by atoms with van der Waals surface area (Å²) in [5.41, 5.74) is 1.12. The van der Waals surface area contributed by atoms with Crippen molar-refractivity contribution >= 4 is 11.6 Å². The zero-order chi connectivity index (χ0) is 10.7. The fourth-order valence-electron chi connectivity index (χ4n) is 2.06. The van der Waals surface area contributed by atoms with Crippen LogP contribution in [0, 0.1) is 5.92 Å². The van der Waals surface area contributed by atoms with E-state index in [4.69, 9.17) is 11.6 Å². The molecule has 0 saturated carbocycles. The monoisotopic (exact) mass is 227 g/mol. The second kappa shape index (κ2) is 4.95. The lowest BCUT2D eigenvalue weighted by molar-refractivity contribution is 0.178. The lowest BCUT2D eigenvalue weighted by Gasteiger charge is -2.26. The van der Waals surface area contributed by atoms with Gasteiger partial charge >= 0.3 is 0 Å². The summed E-state index contributed by atoms with van der Waals surface area (Å²) in [5.74, 6) is 0.0946. The van der Waals surface area contributed by atoms with Crippen molar-refractivity contribution < 1.29 is 4.39 Å².